The highest BCUT2D eigenvalue weighted by atomic mass is 16.6. The van der Waals surface area contributed by atoms with Crippen molar-refractivity contribution >= 4 is 17.9 Å². The van der Waals surface area contributed by atoms with Crippen LogP contribution in [0.3, 0.4) is 0 Å². The molecule has 1 atom stereocenters. The van der Waals surface area contributed by atoms with Crippen LogP contribution in [0, 0.1) is 0 Å². The second-order valence-electron chi connectivity index (χ2n) is 24.1. The van der Waals surface area contributed by atoms with Gasteiger partial charge in [-0.3, -0.25) is 14.4 Å². The van der Waals surface area contributed by atoms with Gasteiger partial charge in [-0.15, -0.1) is 0 Å². The number of esters is 3. The number of unbranched alkanes of at least 4 members (excludes halogenated alkanes) is 45. The van der Waals surface area contributed by atoms with Crippen molar-refractivity contribution in [1.29, 1.82) is 0 Å². The molecule has 0 bridgehead atoms. The second-order valence-corrected chi connectivity index (χ2v) is 24.1. The van der Waals surface area contributed by atoms with Crippen molar-refractivity contribution in [2.24, 2.45) is 0 Å². The van der Waals surface area contributed by atoms with Crippen LogP contribution in [0.5, 0.6) is 0 Å². The van der Waals surface area contributed by atoms with Crippen LogP contribution < -0.4 is 0 Å². The van der Waals surface area contributed by atoms with Crippen LogP contribution in [0.4, 0.5) is 0 Å². The lowest BCUT2D eigenvalue weighted by molar-refractivity contribution is -0.167. The maximum absolute atomic E-state index is 12.9. The summed E-state index contributed by atoms with van der Waals surface area (Å²) >= 11 is 0. The molecule has 0 aromatic carbocycles. The Labute approximate surface area is 504 Å². The van der Waals surface area contributed by atoms with Crippen molar-refractivity contribution in [3.63, 3.8) is 0 Å². The second kappa shape index (κ2) is 69.6. The Morgan fingerprint density at radius 2 is 0.481 bits per heavy atom. The number of carbonyl (C=O) groups is 3. The standard InChI is InChI=1S/C75H136O6/c1-4-7-10-13-16-19-22-25-28-30-32-33-34-35-36-37-38-39-40-41-43-44-47-50-53-56-59-62-65-68-74(77)80-71-72(70-79-73(76)67-64-61-58-55-52-49-46-27-24-21-18-15-12-9-6-3)81-75(78)69-66-63-60-57-54-51-48-45-42-31-29-26-23-20-17-14-11-8-5-2/h8,11,17,20,26,29,42,45,51,54,72H,4-7,9-10,12-16,18-19,21-25,27-28,30-41,43-44,46-50,52-53,55-71H2,1-3H3/b11-8-,20-17-,29-26-,45-42-,54-51-. The first-order chi connectivity index (χ1) is 40.0. The predicted molar refractivity (Wildman–Crippen MR) is 353 cm³/mol. The number of carbonyl (C=O) groups excluding carboxylic acids is 3. The van der Waals surface area contributed by atoms with E-state index in [1.807, 2.05) is 0 Å². The normalized spacial score (nSPS) is 12.4. The summed E-state index contributed by atoms with van der Waals surface area (Å²) in [5.41, 5.74) is 0. The van der Waals surface area contributed by atoms with Gasteiger partial charge in [0.25, 0.3) is 0 Å². The minimum atomic E-state index is -0.790. The molecule has 0 heterocycles. The number of ether oxygens (including phenoxy) is 3. The van der Waals surface area contributed by atoms with E-state index in [9.17, 15) is 14.4 Å². The molecule has 472 valence electrons. The van der Waals surface area contributed by atoms with Crippen molar-refractivity contribution in [3.8, 4) is 0 Å². The SMILES string of the molecule is CC/C=C\C/C=C\C/C=C\C/C=C\C/C=C\CCCCCC(=O)OC(COC(=O)CCCCCCCCCCCCCCCCC)COC(=O)CCCCCCCCCCCCCCCCCCCCCCCCCCCCCCC. The minimum absolute atomic E-state index is 0.0829. The summed E-state index contributed by atoms with van der Waals surface area (Å²) in [6, 6.07) is 0. The van der Waals surface area contributed by atoms with Crippen molar-refractivity contribution in [2.75, 3.05) is 13.2 Å². The molecule has 1 unspecified atom stereocenters. The number of allylic oxidation sites excluding steroid dienone is 10. The molecule has 0 rings (SSSR count). The average molecular weight is 1130 g/mol. The van der Waals surface area contributed by atoms with Crippen molar-refractivity contribution in [3.05, 3.63) is 60.8 Å². The van der Waals surface area contributed by atoms with Gasteiger partial charge < -0.3 is 14.2 Å². The lowest BCUT2D eigenvalue weighted by atomic mass is 10.0. The molecule has 0 N–H and O–H groups in total. The van der Waals surface area contributed by atoms with E-state index in [1.165, 1.54) is 244 Å². The third kappa shape index (κ3) is 67.8. The number of rotatable bonds is 66. The molecule has 0 radical (unpaired) electrons. The molecule has 0 aliphatic heterocycles. The fourth-order valence-electron chi connectivity index (χ4n) is 10.7. The summed E-state index contributed by atoms with van der Waals surface area (Å²) in [7, 11) is 0. The van der Waals surface area contributed by atoms with Crippen LogP contribution in [0.2, 0.25) is 0 Å². The van der Waals surface area contributed by atoms with Gasteiger partial charge in [-0.25, -0.2) is 0 Å². The van der Waals surface area contributed by atoms with E-state index < -0.39 is 6.10 Å². The Morgan fingerprint density at radius 3 is 0.753 bits per heavy atom. The fourth-order valence-corrected chi connectivity index (χ4v) is 10.7. The molecule has 81 heavy (non-hydrogen) atoms. The highest BCUT2D eigenvalue weighted by Crippen LogP contribution is 2.19. The van der Waals surface area contributed by atoms with Gasteiger partial charge in [0.15, 0.2) is 6.10 Å². The van der Waals surface area contributed by atoms with E-state index in [2.05, 4.69) is 81.5 Å². The predicted octanol–water partition coefficient (Wildman–Crippen LogP) is 24.7. The van der Waals surface area contributed by atoms with E-state index in [1.54, 1.807) is 0 Å². The van der Waals surface area contributed by atoms with E-state index in [4.69, 9.17) is 14.2 Å². The summed E-state index contributed by atoms with van der Waals surface area (Å²) in [5, 5.41) is 0. The number of hydrogen-bond acceptors (Lipinski definition) is 6. The largest absolute Gasteiger partial charge is 0.462 e. The summed E-state index contributed by atoms with van der Waals surface area (Å²) in [4.78, 5) is 38.4. The minimum Gasteiger partial charge on any atom is -0.462 e. The molecular formula is C75H136O6. The topological polar surface area (TPSA) is 78.9 Å². The first kappa shape index (κ1) is 78.1. The van der Waals surface area contributed by atoms with Crippen molar-refractivity contribution < 1.29 is 28.6 Å². The first-order valence-corrected chi connectivity index (χ1v) is 35.8. The molecule has 0 aliphatic rings. The molecule has 0 aromatic heterocycles. The quantitative estimate of drug-likeness (QED) is 0.0261. The molecule has 0 saturated carbocycles. The Bertz CT molecular complexity index is 1440. The van der Waals surface area contributed by atoms with Crippen molar-refractivity contribution in [2.45, 2.75) is 386 Å². The monoisotopic (exact) mass is 1130 g/mol. The van der Waals surface area contributed by atoms with Crippen LogP contribution in [-0.4, -0.2) is 37.2 Å². The Balaban J connectivity index is 4.25. The highest BCUT2D eigenvalue weighted by Gasteiger charge is 2.19. The smallest absolute Gasteiger partial charge is 0.306 e. The van der Waals surface area contributed by atoms with Gasteiger partial charge in [-0.1, -0.05) is 358 Å². The summed E-state index contributed by atoms with van der Waals surface area (Å²) in [6.45, 7) is 6.57. The van der Waals surface area contributed by atoms with Crippen LogP contribution in [0.1, 0.15) is 380 Å². The molecule has 0 fully saturated rings. The van der Waals surface area contributed by atoms with Crippen LogP contribution in [0.15, 0.2) is 60.8 Å². The van der Waals surface area contributed by atoms with E-state index in [-0.39, 0.29) is 31.1 Å². The van der Waals surface area contributed by atoms with Gasteiger partial charge in [0.2, 0.25) is 0 Å². The molecule has 0 spiro atoms. The van der Waals surface area contributed by atoms with Gasteiger partial charge in [0, 0.05) is 19.3 Å². The van der Waals surface area contributed by atoms with Crippen LogP contribution in [-0.2, 0) is 28.6 Å². The molecule has 6 heteroatoms. The van der Waals surface area contributed by atoms with Gasteiger partial charge in [-0.2, -0.15) is 0 Å². The molecule has 0 aromatic rings. The van der Waals surface area contributed by atoms with Crippen molar-refractivity contribution in [1.82, 2.24) is 0 Å². The molecular weight excluding hydrogens is 997 g/mol. The van der Waals surface area contributed by atoms with Crippen LogP contribution >= 0.6 is 0 Å². The maximum Gasteiger partial charge on any atom is 0.306 e. The van der Waals surface area contributed by atoms with Gasteiger partial charge in [0.1, 0.15) is 13.2 Å². The van der Waals surface area contributed by atoms with E-state index in [0.29, 0.717) is 19.3 Å². The number of hydrogen-bond donors (Lipinski definition) is 0. The van der Waals surface area contributed by atoms with E-state index in [0.717, 1.165) is 96.3 Å². The Kier molecular flexibility index (Phi) is 67.1. The van der Waals surface area contributed by atoms with E-state index >= 15 is 0 Å². The fraction of sp³-hybridized carbons (Fsp3) is 0.827. The highest BCUT2D eigenvalue weighted by molar-refractivity contribution is 5.71. The average Bonchev–Trinajstić information content (AvgIpc) is 3.47. The van der Waals surface area contributed by atoms with Gasteiger partial charge in [0.05, 0.1) is 0 Å². The Morgan fingerprint density at radius 1 is 0.259 bits per heavy atom. The molecule has 0 aliphatic carbocycles. The lowest BCUT2D eigenvalue weighted by Gasteiger charge is -2.18. The zero-order valence-corrected chi connectivity index (χ0v) is 54.3. The molecule has 0 amide bonds. The lowest BCUT2D eigenvalue weighted by Crippen LogP contribution is -2.30. The summed E-state index contributed by atoms with van der Waals surface area (Å²) in [5.74, 6) is -0.890. The molecule has 0 saturated heterocycles. The van der Waals surface area contributed by atoms with Gasteiger partial charge in [-0.05, 0) is 64.2 Å². The summed E-state index contributed by atoms with van der Waals surface area (Å²) < 4.78 is 17.0. The molecule has 6 nitrogen and oxygen atoms in total. The Hall–Kier alpha value is -2.89. The first-order valence-electron chi connectivity index (χ1n) is 35.8. The maximum atomic E-state index is 12.9. The van der Waals surface area contributed by atoms with Gasteiger partial charge >= 0.3 is 17.9 Å². The summed E-state index contributed by atoms with van der Waals surface area (Å²) in [6.07, 6.45) is 89.8. The third-order valence-corrected chi connectivity index (χ3v) is 16.0. The zero-order chi connectivity index (χ0) is 58.5. The zero-order valence-electron chi connectivity index (χ0n) is 54.3. The third-order valence-electron chi connectivity index (χ3n) is 16.0. The van der Waals surface area contributed by atoms with Crippen LogP contribution in [0.25, 0.3) is 0 Å².